The number of rotatable bonds is 0. The van der Waals surface area contributed by atoms with Crippen LogP contribution in [0.15, 0.2) is 87.5 Å². The van der Waals surface area contributed by atoms with Crippen molar-refractivity contribution >= 4 is 37.9 Å². The fourth-order valence-corrected chi connectivity index (χ4v) is 3.27. The molecule has 201 valence electrons. The molecular weight excluding hydrogens is 514 g/mol. The van der Waals surface area contributed by atoms with Crippen molar-refractivity contribution in [1.29, 1.82) is 0 Å². The Morgan fingerprint density at radius 2 is 0.472 bits per heavy atom. The molecule has 0 saturated heterocycles. The van der Waals surface area contributed by atoms with Crippen LogP contribution in [0.5, 0.6) is 0 Å². The van der Waals surface area contributed by atoms with Crippen LogP contribution in [0.3, 0.4) is 0 Å². The summed E-state index contributed by atoms with van der Waals surface area (Å²) in [5.74, 6) is 0. The molecule has 0 bridgehead atoms. The molecule has 0 aliphatic rings. The minimum atomic E-state index is 0. The van der Waals surface area contributed by atoms with Gasteiger partial charge in [0.05, 0.1) is 0 Å². The van der Waals surface area contributed by atoms with Gasteiger partial charge >= 0.3 is 0 Å². The molecule has 0 unspecified atom stereocenters. The molecule has 3 rings (SSSR count). The molecule has 0 N–H and O–H groups in total. The predicted octanol–water partition coefficient (Wildman–Crippen LogP) is 11.1. The van der Waals surface area contributed by atoms with Gasteiger partial charge in [-0.05, 0) is 69.3 Å². The molecule has 0 aromatic heterocycles. The van der Waals surface area contributed by atoms with E-state index in [9.17, 15) is 0 Å². The van der Waals surface area contributed by atoms with Crippen molar-refractivity contribution < 1.29 is 14.1 Å². The topological polar surface area (TPSA) is 0 Å². The van der Waals surface area contributed by atoms with Crippen molar-refractivity contribution in [2.24, 2.45) is 0 Å². The summed E-state index contributed by atoms with van der Waals surface area (Å²) in [6, 6.07) is 24.5. The monoisotopic (exact) mass is 555 g/mol. The van der Waals surface area contributed by atoms with E-state index in [1.807, 2.05) is 36.4 Å². The van der Waals surface area contributed by atoms with Gasteiger partial charge in [0.1, 0.15) is 0 Å². The van der Waals surface area contributed by atoms with Crippen LogP contribution in [0, 0.1) is 0 Å². The Morgan fingerprint density at radius 3 is 0.583 bits per heavy atom. The lowest BCUT2D eigenvalue weighted by molar-refractivity contribution is 0.589. The normalized spacial score (nSPS) is 10.6. The van der Waals surface area contributed by atoms with E-state index in [1.54, 1.807) is 0 Å². The number of halogens is 3. The summed E-state index contributed by atoms with van der Waals surface area (Å²) in [6.07, 6.45) is 0. The van der Waals surface area contributed by atoms with E-state index in [4.69, 9.17) is 37.9 Å². The molecule has 0 aliphatic heterocycles. The summed E-state index contributed by atoms with van der Waals surface area (Å²) in [6.45, 7) is 19.8. The molecule has 0 fully saturated rings. The van der Waals surface area contributed by atoms with E-state index in [0.29, 0.717) is 0 Å². The molecule has 0 saturated carbocycles. The molecule has 0 spiro atoms. The lowest BCUT2D eigenvalue weighted by Gasteiger charge is -2.18. The molecule has 6 heteroatoms. The second-order valence-electron chi connectivity index (χ2n) is 11.3. The van der Waals surface area contributed by atoms with Crippen LogP contribution < -0.4 is 0 Å². The van der Waals surface area contributed by atoms with Crippen LogP contribution in [0.2, 0.25) is 0 Å². The van der Waals surface area contributed by atoms with Gasteiger partial charge in [-0.3, -0.25) is 14.1 Å². The van der Waals surface area contributed by atoms with Crippen LogP contribution in [0.1, 0.15) is 79.0 Å². The largest absolute Gasteiger partial charge is 0.269 e. The zero-order valence-corrected chi connectivity index (χ0v) is 25.3. The maximum atomic E-state index is 4.99. The predicted molar refractivity (Wildman–Crippen MR) is 161 cm³/mol. The minimum absolute atomic E-state index is 0. The molecule has 0 atom stereocenters. The van der Waals surface area contributed by atoms with Gasteiger partial charge < -0.3 is 0 Å². The summed E-state index contributed by atoms with van der Waals surface area (Å²) in [5, 5.41) is 0. The molecule has 0 nitrogen and oxygen atoms in total. The third kappa shape index (κ3) is 14.6. The Balaban J connectivity index is -0.000000436. The quantitative estimate of drug-likeness (QED) is 0.259. The zero-order chi connectivity index (χ0) is 25.4. The Labute approximate surface area is 234 Å². The standard InChI is InChI=1S/3C10H13S.3FH/c3*1-10(2,3)8-4-6-9(11)7-5-8;;;/h3*4-7H,1-3H3;3*1H. The average molecular weight is 556 g/mol. The van der Waals surface area contributed by atoms with E-state index >= 15 is 0 Å². The summed E-state index contributed by atoms with van der Waals surface area (Å²) >= 11 is 15.0. The lowest BCUT2D eigenvalue weighted by atomic mass is 9.87. The highest BCUT2D eigenvalue weighted by Crippen LogP contribution is 2.24. The smallest absolute Gasteiger partial charge is 0.0377 e. The van der Waals surface area contributed by atoms with Crippen LogP contribution in [0.4, 0.5) is 14.1 Å². The van der Waals surface area contributed by atoms with E-state index in [2.05, 4.69) is 98.7 Å². The summed E-state index contributed by atoms with van der Waals surface area (Å²) in [5.41, 5.74) is 4.73. The Bertz CT molecular complexity index is 831. The third-order valence-electron chi connectivity index (χ3n) is 5.16. The maximum Gasteiger partial charge on any atom is 0.0377 e. The van der Waals surface area contributed by atoms with Gasteiger partial charge in [0.25, 0.3) is 0 Å². The SMILES string of the molecule is CC(C)(C)c1ccc([S])cc1.CC(C)(C)c1ccc([S])cc1.CC(C)(C)c1ccc([S])cc1.F.F.F. The van der Waals surface area contributed by atoms with Gasteiger partial charge in [-0.15, -0.1) is 0 Å². The van der Waals surface area contributed by atoms with E-state index in [1.165, 1.54) is 16.7 Å². The second kappa shape index (κ2) is 16.1. The van der Waals surface area contributed by atoms with Gasteiger partial charge in [0, 0.05) is 14.7 Å². The van der Waals surface area contributed by atoms with Crippen LogP contribution in [-0.4, -0.2) is 0 Å². The Morgan fingerprint density at radius 1 is 0.333 bits per heavy atom. The van der Waals surface area contributed by atoms with Crippen molar-refractivity contribution in [3.63, 3.8) is 0 Å². The number of hydrogen-bond donors (Lipinski definition) is 0. The molecule has 0 aliphatic carbocycles. The first-order valence-electron chi connectivity index (χ1n) is 11.3. The van der Waals surface area contributed by atoms with Crippen molar-refractivity contribution in [3.05, 3.63) is 89.5 Å². The second-order valence-corrected chi connectivity index (χ2v) is 12.7. The van der Waals surface area contributed by atoms with Crippen molar-refractivity contribution in [2.45, 2.75) is 93.2 Å². The minimum Gasteiger partial charge on any atom is -0.269 e. The third-order valence-corrected chi connectivity index (χ3v) is 5.98. The Kier molecular flexibility index (Phi) is 17.2. The first-order valence-corrected chi connectivity index (χ1v) is 12.6. The van der Waals surface area contributed by atoms with Gasteiger partial charge in [0.15, 0.2) is 0 Å². The summed E-state index contributed by atoms with van der Waals surface area (Å²) in [7, 11) is 0. The highest BCUT2D eigenvalue weighted by molar-refractivity contribution is 7.80. The van der Waals surface area contributed by atoms with Gasteiger partial charge in [-0.2, -0.15) is 0 Å². The fourth-order valence-electron chi connectivity index (χ4n) is 2.86. The van der Waals surface area contributed by atoms with Crippen molar-refractivity contribution in [3.8, 4) is 0 Å². The van der Waals surface area contributed by atoms with Gasteiger partial charge in [0.2, 0.25) is 0 Å². The van der Waals surface area contributed by atoms with E-state index in [0.717, 1.165) is 14.7 Å². The van der Waals surface area contributed by atoms with E-state index < -0.39 is 0 Å². The highest BCUT2D eigenvalue weighted by atomic mass is 32.1. The number of benzene rings is 3. The van der Waals surface area contributed by atoms with Crippen LogP contribution in [0.25, 0.3) is 0 Å². The van der Waals surface area contributed by atoms with Crippen LogP contribution in [-0.2, 0) is 16.2 Å². The number of hydrogen-bond acceptors (Lipinski definition) is 0. The summed E-state index contributed by atoms with van der Waals surface area (Å²) < 4.78 is 0. The zero-order valence-electron chi connectivity index (χ0n) is 22.9. The van der Waals surface area contributed by atoms with E-state index in [-0.39, 0.29) is 30.4 Å². The van der Waals surface area contributed by atoms with Gasteiger partial charge in [-0.1, -0.05) is 137 Å². The van der Waals surface area contributed by atoms with Crippen molar-refractivity contribution in [2.75, 3.05) is 0 Å². The molecule has 0 amide bonds. The molecule has 0 heterocycles. The molecule has 36 heavy (non-hydrogen) atoms. The van der Waals surface area contributed by atoms with Crippen LogP contribution >= 0.6 is 37.9 Å². The first-order chi connectivity index (χ1) is 15.0. The summed E-state index contributed by atoms with van der Waals surface area (Å²) in [4.78, 5) is 2.74. The lowest BCUT2D eigenvalue weighted by Crippen LogP contribution is -2.10. The Hall–Kier alpha value is -1.89. The first kappa shape index (κ1) is 38.6. The molecule has 3 radical (unpaired) electrons. The highest BCUT2D eigenvalue weighted by Gasteiger charge is 2.13. The van der Waals surface area contributed by atoms with Crippen molar-refractivity contribution in [1.82, 2.24) is 0 Å². The molecule has 3 aromatic carbocycles. The maximum absolute atomic E-state index is 4.99. The van der Waals surface area contributed by atoms with Gasteiger partial charge in [-0.25, -0.2) is 0 Å². The molecule has 3 aromatic rings. The molecular formula is C30H42F3S3. The fraction of sp³-hybridized carbons (Fsp3) is 0.400. The average Bonchev–Trinajstić information content (AvgIpc) is 2.68.